The number of carbonyl (C=O) groups is 1. The van der Waals surface area contributed by atoms with Crippen molar-refractivity contribution in [3.05, 3.63) is 74.7 Å². The van der Waals surface area contributed by atoms with Crippen molar-refractivity contribution in [1.29, 1.82) is 0 Å². The number of nitrogens with zero attached hydrogens (tertiary/aromatic N) is 2. The number of aliphatic carboxylic acids is 1. The molecule has 7 nitrogen and oxygen atoms in total. The minimum absolute atomic E-state index is 0.148. The SMILES string of the molecule is CNC(C(=O)O)c1ccc(Cl)cc1Cn1nc(-c2ccc(C(F)(F)F)cc2)oc1=O. The highest BCUT2D eigenvalue weighted by Gasteiger charge is 2.30. The Morgan fingerprint density at radius 2 is 1.93 bits per heavy atom. The Morgan fingerprint density at radius 1 is 1.27 bits per heavy atom. The Hall–Kier alpha value is -3.11. The lowest BCUT2D eigenvalue weighted by molar-refractivity contribution is -0.139. The molecule has 0 aliphatic rings. The van der Waals surface area contributed by atoms with Crippen molar-refractivity contribution >= 4 is 17.6 Å². The molecule has 0 saturated heterocycles. The monoisotopic (exact) mass is 441 g/mol. The molecule has 0 amide bonds. The maximum atomic E-state index is 12.7. The first kappa shape index (κ1) is 21.6. The lowest BCUT2D eigenvalue weighted by atomic mass is 10.0. The van der Waals surface area contributed by atoms with Gasteiger partial charge < -0.3 is 14.8 Å². The van der Waals surface area contributed by atoms with E-state index in [0.717, 1.165) is 28.9 Å². The van der Waals surface area contributed by atoms with Gasteiger partial charge in [0.25, 0.3) is 0 Å². The molecule has 0 aliphatic heterocycles. The van der Waals surface area contributed by atoms with Gasteiger partial charge in [0.15, 0.2) is 0 Å². The van der Waals surface area contributed by atoms with E-state index in [1.54, 1.807) is 0 Å². The second-order valence-electron chi connectivity index (χ2n) is 6.31. The third kappa shape index (κ3) is 4.55. The van der Waals surface area contributed by atoms with Crippen LogP contribution in [-0.4, -0.2) is 27.9 Å². The van der Waals surface area contributed by atoms with E-state index in [9.17, 15) is 27.9 Å². The average Bonchev–Trinajstić information content (AvgIpc) is 3.03. The molecule has 2 N–H and O–H groups in total. The topological polar surface area (TPSA) is 97.4 Å². The second-order valence-corrected chi connectivity index (χ2v) is 6.75. The van der Waals surface area contributed by atoms with Crippen LogP contribution in [0.2, 0.25) is 5.02 Å². The largest absolute Gasteiger partial charge is 0.480 e. The zero-order chi connectivity index (χ0) is 22.1. The van der Waals surface area contributed by atoms with Gasteiger partial charge in [0.05, 0.1) is 12.1 Å². The Kier molecular flexibility index (Phi) is 5.99. The number of aromatic nitrogens is 2. The molecule has 0 radical (unpaired) electrons. The summed E-state index contributed by atoms with van der Waals surface area (Å²) in [4.78, 5) is 23.7. The van der Waals surface area contributed by atoms with Crippen LogP contribution in [0.25, 0.3) is 11.5 Å². The van der Waals surface area contributed by atoms with Gasteiger partial charge in [-0.05, 0) is 54.6 Å². The first-order valence-corrected chi connectivity index (χ1v) is 8.92. The molecule has 3 rings (SSSR count). The van der Waals surface area contributed by atoms with Gasteiger partial charge in [-0.1, -0.05) is 17.7 Å². The van der Waals surface area contributed by atoms with Gasteiger partial charge in [-0.15, -0.1) is 5.10 Å². The summed E-state index contributed by atoms with van der Waals surface area (Å²) >= 11 is 6.01. The summed E-state index contributed by atoms with van der Waals surface area (Å²) in [6.07, 6.45) is -4.49. The molecule has 3 aromatic rings. The fourth-order valence-corrected chi connectivity index (χ4v) is 3.09. The molecule has 11 heteroatoms. The number of alkyl halides is 3. The van der Waals surface area contributed by atoms with Crippen molar-refractivity contribution in [3.63, 3.8) is 0 Å². The van der Waals surface area contributed by atoms with Crippen LogP contribution in [0.1, 0.15) is 22.7 Å². The Balaban J connectivity index is 1.95. The molecular weight excluding hydrogens is 427 g/mol. The molecule has 1 heterocycles. The third-order valence-electron chi connectivity index (χ3n) is 4.34. The highest BCUT2D eigenvalue weighted by molar-refractivity contribution is 6.30. The van der Waals surface area contributed by atoms with E-state index in [4.69, 9.17) is 16.0 Å². The van der Waals surface area contributed by atoms with Crippen molar-refractivity contribution in [2.75, 3.05) is 7.05 Å². The number of benzene rings is 2. The maximum Gasteiger partial charge on any atom is 0.437 e. The Bertz CT molecular complexity index is 1120. The van der Waals surface area contributed by atoms with Crippen molar-refractivity contribution < 1.29 is 27.5 Å². The highest BCUT2D eigenvalue weighted by atomic mass is 35.5. The summed E-state index contributed by atoms with van der Waals surface area (Å²) in [5.41, 5.74) is 0.131. The standard InChI is InChI=1S/C19H15ClF3N3O4/c1-24-15(17(27)28)14-7-6-13(20)8-11(14)9-26-18(29)30-16(25-26)10-2-4-12(5-3-10)19(21,22)23/h2-8,15,24H,9H2,1H3,(H,27,28). The number of halogens is 4. The van der Waals surface area contributed by atoms with Gasteiger partial charge in [-0.25, -0.2) is 4.79 Å². The van der Waals surface area contributed by atoms with Gasteiger partial charge in [0.1, 0.15) is 6.04 Å². The van der Waals surface area contributed by atoms with Gasteiger partial charge in [-0.2, -0.15) is 17.9 Å². The normalized spacial score (nSPS) is 12.7. The smallest absolute Gasteiger partial charge is 0.437 e. The molecule has 1 atom stereocenters. The molecule has 2 aromatic carbocycles. The number of likely N-dealkylation sites (N-methyl/N-ethyl adjacent to an activating group) is 1. The molecule has 0 spiro atoms. The minimum Gasteiger partial charge on any atom is -0.480 e. The van der Waals surface area contributed by atoms with E-state index in [0.29, 0.717) is 16.1 Å². The number of hydrogen-bond donors (Lipinski definition) is 2. The maximum absolute atomic E-state index is 12.7. The summed E-state index contributed by atoms with van der Waals surface area (Å²) in [5.74, 6) is -2.15. The van der Waals surface area contributed by atoms with Crippen LogP contribution in [0.4, 0.5) is 13.2 Å². The first-order chi connectivity index (χ1) is 14.1. The van der Waals surface area contributed by atoms with E-state index in [1.807, 2.05) is 0 Å². The van der Waals surface area contributed by atoms with E-state index in [1.165, 1.54) is 25.2 Å². The van der Waals surface area contributed by atoms with E-state index in [-0.39, 0.29) is 18.0 Å². The fourth-order valence-electron chi connectivity index (χ4n) is 2.89. The van der Waals surface area contributed by atoms with Crippen LogP contribution in [0.3, 0.4) is 0 Å². The van der Waals surface area contributed by atoms with Crippen LogP contribution >= 0.6 is 11.6 Å². The molecule has 1 aromatic heterocycles. The molecule has 158 valence electrons. The second kappa shape index (κ2) is 8.33. The Morgan fingerprint density at radius 3 is 2.50 bits per heavy atom. The molecule has 30 heavy (non-hydrogen) atoms. The van der Waals surface area contributed by atoms with E-state index < -0.39 is 29.5 Å². The number of hydrogen-bond acceptors (Lipinski definition) is 5. The zero-order valence-corrected chi connectivity index (χ0v) is 16.2. The molecule has 1 unspecified atom stereocenters. The lowest BCUT2D eigenvalue weighted by Gasteiger charge is -2.16. The lowest BCUT2D eigenvalue weighted by Crippen LogP contribution is -2.27. The number of rotatable bonds is 6. The van der Waals surface area contributed by atoms with Gasteiger partial charge in [0, 0.05) is 10.6 Å². The molecule has 0 bridgehead atoms. The van der Waals surface area contributed by atoms with Crippen molar-refractivity contribution in [1.82, 2.24) is 15.1 Å². The van der Waals surface area contributed by atoms with Crippen molar-refractivity contribution in [3.8, 4) is 11.5 Å². The van der Waals surface area contributed by atoms with Crippen molar-refractivity contribution in [2.45, 2.75) is 18.8 Å². The van der Waals surface area contributed by atoms with Crippen LogP contribution in [0.5, 0.6) is 0 Å². The highest BCUT2D eigenvalue weighted by Crippen LogP contribution is 2.30. The minimum atomic E-state index is -4.49. The van der Waals surface area contributed by atoms with Crippen molar-refractivity contribution in [2.24, 2.45) is 0 Å². The number of carboxylic acids is 1. The van der Waals surface area contributed by atoms with E-state index in [2.05, 4.69) is 10.4 Å². The molecular formula is C19H15ClF3N3O4. The predicted octanol–water partition coefficient (Wildman–Crippen LogP) is 3.57. The van der Waals surface area contributed by atoms with Gasteiger partial charge in [0.2, 0.25) is 5.89 Å². The quantitative estimate of drug-likeness (QED) is 0.607. The number of carboxylic acid groups (broad SMARTS) is 1. The molecule has 0 saturated carbocycles. The van der Waals surface area contributed by atoms with Gasteiger partial charge in [-0.3, -0.25) is 4.79 Å². The molecule has 0 fully saturated rings. The van der Waals surface area contributed by atoms with Crippen LogP contribution in [-0.2, 0) is 17.5 Å². The summed E-state index contributed by atoms with van der Waals surface area (Å²) < 4.78 is 44.1. The van der Waals surface area contributed by atoms with Crippen LogP contribution < -0.4 is 11.1 Å². The van der Waals surface area contributed by atoms with Crippen LogP contribution in [0, 0.1) is 0 Å². The third-order valence-corrected chi connectivity index (χ3v) is 4.57. The zero-order valence-electron chi connectivity index (χ0n) is 15.4. The van der Waals surface area contributed by atoms with E-state index >= 15 is 0 Å². The van der Waals surface area contributed by atoms with Crippen LogP contribution in [0.15, 0.2) is 51.7 Å². The average molecular weight is 442 g/mol. The number of nitrogens with one attached hydrogen (secondary N) is 1. The summed E-state index contributed by atoms with van der Waals surface area (Å²) in [7, 11) is 1.47. The first-order valence-electron chi connectivity index (χ1n) is 8.54. The predicted molar refractivity (Wildman–Crippen MR) is 101 cm³/mol. The fraction of sp³-hybridized carbons (Fsp3) is 0.211. The molecule has 0 aliphatic carbocycles. The Labute approximate surface area is 172 Å². The summed E-state index contributed by atoms with van der Waals surface area (Å²) in [6.45, 7) is -0.148. The van der Waals surface area contributed by atoms with Gasteiger partial charge >= 0.3 is 17.9 Å². The summed E-state index contributed by atoms with van der Waals surface area (Å²) in [5, 5.41) is 16.4. The summed E-state index contributed by atoms with van der Waals surface area (Å²) in [6, 6.07) is 7.50.